The number of ether oxygens (including phenoxy) is 1. The van der Waals surface area contributed by atoms with Gasteiger partial charge in [0.2, 0.25) is 0 Å². The van der Waals surface area contributed by atoms with Gasteiger partial charge in [-0.15, -0.1) is 0 Å². The number of nitrogens with zero attached hydrogens (tertiary/aromatic N) is 1. The average molecular weight is 846 g/mol. The van der Waals surface area contributed by atoms with Crippen molar-refractivity contribution in [2.45, 2.75) is 24.4 Å². The largest absolute Gasteiger partial charge is 0.484 e. The molecule has 0 amide bonds. The van der Waals surface area contributed by atoms with Gasteiger partial charge in [0.15, 0.2) is 5.58 Å². The molecule has 0 N–H and O–H groups in total. The number of hydrogen-bond donors (Lipinski definition) is 0. The molecule has 3 heteroatoms. The third kappa shape index (κ3) is 5.31. The summed E-state index contributed by atoms with van der Waals surface area (Å²) in [6, 6.07) is 73.0. The second-order valence-corrected chi connectivity index (χ2v) is 18.1. The first-order valence-corrected chi connectivity index (χ1v) is 23.2. The number of furan rings is 1. The molecule has 0 saturated carbocycles. The van der Waals surface area contributed by atoms with E-state index >= 15 is 0 Å². The standard InChI is InChI=1S/C63H43NO2/c1-2-15-40(16-3-1)41-31-35-45(36-32-41)64(57-29-14-26-51-50-23-9-11-30-58(50)65-62(51)57)46-20-12-19-44(39-46)47-25-13-28-54-59(47)52-24-8-10-27-53(52)63(54)55-37-33-42-17-4-6-21-48(42)60(55)66-61-49-22-7-5-18-43(49)34-38-56(61)63/h1-4,6-17,19-39,56,61H,5,18H2. The third-order valence-electron chi connectivity index (χ3n) is 14.8. The summed E-state index contributed by atoms with van der Waals surface area (Å²) < 4.78 is 14.1. The highest BCUT2D eigenvalue weighted by Gasteiger charge is 2.58. The zero-order valence-corrected chi connectivity index (χ0v) is 36.2. The maximum Gasteiger partial charge on any atom is 0.159 e. The van der Waals surface area contributed by atoms with Gasteiger partial charge >= 0.3 is 0 Å². The highest BCUT2D eigenvalue weighted by atomic mass is 16.5. The smallest absolute Gasteiger partial charge is 0.159 e. The molecule has 1 spiro atoms. The molecule has 3 atom stereocenters. The summed E-state index contributed by atoms with van der Waals surface area (Å²) in [6.07, 6.45) is 11.5. The van der Waals surface area contributed by atoms with Gasteiger partial charge in [0.05, 0.1) is 11.1 Å². The first-order valence-electron chi connectivity index (χ1n) is 23.2. The maximum atomic E-state index is 7.39. The molecule has 3 unspecified atom stereocenters. The fraction of sp³-hybridized carbons (Fsp3) is 0.0794. The molecule has 0 radical (unpaired) electrons. The number of hydrogen-bond acceptors (Lipinski definition) is 3. The fourth-order valence-corrected chi connectivity index (χ4v) is 12.0. The molecule has 2 heterocycles. The zero-order valence-electron chi connectivity index (χ0n) is 36.2. The van der Waals surface area contributed by atoms with Crippen LogP contribution in [0.5, 0.6) is 5.75 Å². The Bertz CT molecular complexity index is 3700. The molecule has 312 valence electrons. The minimum absolute atomic E-state index is 0.0373. The van der Waals surface area contributed by atoms with Crippen LogP contribution in [0.3, 0.4) is 0 Å². The number of allylic oxidation sites excluding steroid dienone is 3. The van der Waals surface area contributed by atoms with Crippen LogP contribution >= 0.6 is 0 Å². The summed E-state index contributed by atoms with van der Waals surface area (Å²) >= 11 is 0. The van der Waals surface area contributed by atoms with Gasteiger partial charge < -0.3 is 14.1 Å². The molecular weight excluding hydrogens is 803 g/mol. The minimum atomic E-state index is -0.494. The molecule has 1 aliphatic heterocycles. The molecule has 0 saturated heterocycles. The third-order valence-corrected chi connectivity index (χ3v) is 14.8. The second kappa shape index (κ2) is 14.4. The van der Waals surface area contributed by atoms with Crippen molar-refractivity contribution in [3.05, 3.63) is 252 Å². The van der Waals surface area contributed by atoms with E-state index < -0.39 is 5.41 Å². The van der Waals surface area contributed by atoms with E-state index in [0.29, 0.717) is 0 Å². The molecule has 3 nitrogen and oxygen atoms in total. The first kappa shape index (κ1) is 37.3. The molecule has 1 aromatic heterocycles. The molecule has 0 bridgehead atoms. The summed E-state index contributed by atoms with van der Waals surface area (Å²) in [5.74, 6) is 1.04. The molecule has 66 heavy (non-hydrogen) atoms. The van der Waals surface area contributed by atoms with E-state index in [0.717, 1.165) is 68.5 Å². The van der Waals surface area contributed by atoms with Gasteiger partial charge in [-0.1, -0.05) is 188 Å². The number of anilines is 3. The number of rotatable bonds is 5. The van der Waals surface area contributed by atoms with Crippen LogP contribution in [-0.2, 0) is 5.41 Å². The van der Waals surface area contributed by atoms with E-state index in [2.05, 4.69) is 223 Å². The van der Waals surface area contributed by atoms with Crippen LogP contribution in [0.2, 0.25) is 0 Å². The molecule has 4 aliphatic rings. The van der Waals surface area contributed by atoms with Crippen LogP contribution in [-0.4, -0.2) is 6.10 Å². The van der Waals surface area contributed by atoms with Gasteiger partial charge in [0.25, 0.3) is 0 Å². The Morgan fingerprint density at radius 2 is 1.24 bits per heavy atom. The van der Waals surface area contributed by atoms with Crippen LogP contribution < -0.4 is 9.64 Å². The SMILES string of the molecule is C1=CC2=C(C=CC3C2Oc2c(ccc4ccccc24)C32c3ccccc3-c3c(-c4cccc(N(c5ccc(-c6ccccc6)cc5)c5cccc6c5oc5ccccc56)c4)cccc32)CC1. The van der Waals surface area contributed by atoms with E-state index in [9.17, 15) is 0 Å². The molecule has 10 aromatic rings. The molecule has 0 fully saturated rings. The van der Waals surface area contributed by atoms with Crippen LogP contribution in [0, 0.1) is 5.92 Å². The molecule has 14 rings (SSSR count). The van der Waals surface area contributed by atoms with Crippen LogP contribution in [0.1, 0.15) is 29.5 Å². The summed E-state index contributed by atoms with van der Waals surface area (Å²) in [6.45, 7) is 0. The highest BCUT2D eigenvalue weighted by Crippen LogP contribution is 2.65. The van der Waals surface area contributed by atoms with Crippen LogP contribution in [0.4, 0.5) is 17.1 Å². The quantitative estimate of drug-likeness (QED) is 0.173. The van der Waals surface area contributed by atoms with Crippen LogP contribution in [0.15, 0.2) is 240 Å². The lowest BCUT2D eigenvalue weighted by atomic mass is 9.58. The van der Waals surface area contributed by atoms with E-state index in [4.69, 9.17) is 9.15 Å². The van der Waals surface area contributed by atoms with Crippen molar-refractivity contribution < 1.29 is 9.15 Å². The van der Waals surface area contributed by atoms with Crippen molar-refractivity contribution in [3.8, 4) is 39.1 Å². The van der Waals surface area contributed by atoms with Crippen molar-refractivity contribution >= 4 is 49.8 Å². The number of fused-ring (bicyclic) bond motifs is 15. The normalized spacial score (nSPS) is 18.8. The fourth-order valence-electron chi connectivity index (χ4n) is 12.0. The number of benzene rings is 9. The summed E-state index contributed by atoms with van der Waals surface area (Å²) in [7, 11) is 0. The molecule has 9 aromatic carbocycles. The van der Waals surface area contributed by atoms with Crippen molar-refractivity contribution in [2.75, 3.05) is 4.90 Å². The molecular formula is C63H43NO2. The lowest BCUT2D eigenvalue weighted by Crippen LogP contribution is -2.49. The predicted octanol–water partition coefficient (Wildman–Crippen LogP) is 16.5. The lowest BCUT2D eigenvalue weighted by molar-refractivity contribution is 0.135. The Balaban J connectivity index is 0.986. The van der Waals surface area contributed by atoms with Gasteiger partial charge in [-0.05, 0) is 110 Å². The predicted molar refractivity (Wildman–Crippen MR) is 271 cm³/mol. The van der Waals surface area contributed by atoms with Gasteiger partial charge in [-0.25, -0.2) is 0 Å². The van der Waals surface area contributed by atoms with Crippen molar-refractivity contribution in [3.63, 3.8) is 0 Å². The Morgan fingerprint density at radius 1 is 0.515 bits per heavy atom. The van der Waals surface area contributed by atoms with E-state index in [1.807, 2.05) is 6.07 Å². The van der Waals surface area contributed by atoms with Gasteiger partial charge in [0.1, 0.15) is 17.4 Å². The van der Waals surface area contributed by atoms with E-state index in [-0.39, 0.29) is 12.0 Å². The Labute approximate surface area is 383 Å². The zero-order chi connectivity index (χ0) is 43.3. The van der Waals surface area contributed by atoms with E-state index in [1.54, 1.807) is 0 Å². The van der Waals surface area contributed by atoms with Crippen molar-refractivity contribution in [2.24, 2.45) is 5.92 Å². The number of para-hydroxylation sites is 2. The average Bonchev–Trinajstić information content (AvgIpc) is 3.92. The molecule has 3 aliphatic carbocycles. The topological polar surface area (TPSA) is 25.6 Å². The summed E-state index contributed by atoms with van der Waals surface area (Å²) in [5, 5.41) is 4.56. The van der Waals surface area contributed by atoms with Gasteiger partial charge in [-0.3, -0.25) is 0 Å². The van der Waals surface area contributed by atoms with Gasteiger partial charge in [-0.2, -0.15) is 0 Å². The van der Waals surface area contributed by atoms with E-state index in [1.165, 1.54) is 61.0 Å². The lowest BCUT2D eigenvalue weighted by Gasteiger charge is -2.49. The van der Waals surface area contributed by atoms with Crippen LogP contribution in [0.25, 0.3) is 66.1 Å². The van der Waals surface area contributed by atoms with Crippen molar-refractivity contribution in [1.29, 1.82) is 0 Å². The highest BCUT2D eigenvalue weighted by molar-refractivity contribution is 6.10. The monoisotopic (exact) mass is 845 g/mol. The maximum absolute atomic E-state index is 7.39. The first-order chi connectivity index (χ1) is 32.7. The van der Waals surface area contributed by atoms with Crippen molar-refractivity contribution in [1.82, 2.24) is 0 Å². The minimum Gasteiger partial charge on any atom is -0.484 e. The van der Waals surface area contributed by atoms with Gasteiger partial charge in [0, 0.05) is 39.0 Å². The summed E-state index contributed by atoms with van der Waals surface area (Å²) in [5.41, 5.74) is 18.2. The Hall–Kier alpha value is -8.14. The Kier molecular flexibility index (Phi) is 8.15. The second-order valence-electron chi connectivity index (χ2n) is 18.1. The summed E-state index contributed by atoms with van der Waals surface area (Å²) in [4.78, 5) is 2.36. The Morgan fingerprint density at radius 3 is 2.17 bits per heavy atom.